The Morgan fingerprint density at radius 1 is 1.04 bits per heavy atom. The molecule has 0 aliphatic rings. The topological polar surface area (TPSA) is 61.8 Å². The van der Waals surface area contributed by atoms with Crippen LogP contribution in [0.5, 0.6) is 11.5 Å². The summed E-state index contributed by atoms with van der Waals surface area (Å²) in [6, 6.07) is 12.1. The van der Waals surface area contributed by atoms with Gasteiger partial charge in [-0.1, -0.05) is 26.0 Å². The molecule has 5 nitrogen and oxygen atoms in total. The monoisotopic (exact) mass is 342 g/mol. The Morgan fingerprint density at radius 2 is 1.72 bits per heavy atom. The molecule has 0 spiro atoms. The number of carbonyl (C=O) groups is 2. The third kappa shape index (κ3) is 5.08. The molecule has 2 rings (SSSR count). The molecule has 0 aliphatic heterocycles. The van der Waals surface area contributed by atoms with Gasteiger partial charge in [-0.3, -0.25) is 0 Å². The van der Waals surface area contributed by atoms with Crippen molar-refractivity contribution >= 4 is 11.9 Å². The lowest BCUT2D eigenvalue weighted by molar-refractivity contribution is -0.136. The van der Waals surface area contributed by atoms with E-state index in [0.29, 0.717) is 17.1 Å². The zero-order valence-electron chi connectivity index (χ0n) is 14.9. The summed E-state index contributed by atoms with van der Waals surface area (Å²) in [4.78, 5) is 23.4. The second-order valence-corrected chi connectivity index (χ2v) is 5.97. The third-order valence-corrected chi connectivity index (χ3v) is 3.64. The van der Waals surface area contributed by atoms with Crippen molar-refractivity contribution in [2.75, 3.05) is 13.7 Å². The predicted molar refractivity (Wildman–Crippen MR) is 94.2 cm³/mol. The molecule has 0 atom stereocenters. The van der Waals surface area contributed by atoms with E-state index in [1.165, 1.54) is 31.4 Å². The average Bonchev–Trinajstić information content (AvgIpc) is 2.59. The zero-order valence-corrected chi connectivity index (χ0v) is 14.9. The van der Waals surface area contributed by atoms with E-state index in [9.17, 15) is 9.59 Å². The van der Waals surface area contributed by atoms with Crippen molar-refractivity contribution in [3.05, 3.63) is 59.2 Å². The molecule has 0 heterocycles. The Kier molecular flexibility index (Phi) is 6.17. The summed E-state index contributed by atoms with van der Waals surface area (Å²) in [5.41, 5.74) is 2.49. The van der Waals surface area contributed by atoms with Crippen LogP contribution in [0.3, 0.4) is 0 Å². The van der Waals surface area contributed by atoms with Gasteiger partial charge in [0, 0.05) is 0 Å². The van der Waals surface area contributed by atoms with Gasteiger partial charge in [0.2, 0.25) is 0 Å². The minimum atomic E-state index is -0.512. The van der Waals surface area contributed by atoms with E-state index in [0.717, 1.165) is 11.1 Å². The highest BCUT2D eigenvalue weighted by Crippen LogP contribution is 2.27. The van der Waals surface area contributed by atoms with Gasteiger partial charge in [-0.25, -0.2) is 9.59 Å². The largest absolute Gasteiger partial charge is 0.482 e. The molecule has 132 valence electrons. The van der Waals surface area contributed by atoms with Crippen LogP contribution in [0.15, 0.2) is 42.5 Å². The lowest BCUT2D eigenvalue weighted by Crippen LogP contribution is -2.18. The SMILES string of the molecule is COC(=O)c1ccc(OC(=O)COc2cc(C)ccc2C(C)C)cc1. The van der Waals surface area contributed by atoms with Crippen molar-refractivity contribution in [2.45, 2.75) is 26.7 Å². The zero-order chi connectivity index (χ0) is 18.4. The molecule has 0 aliphatic carbocycles. The van der Waals surface area contributed by atoms with Crippen LogP contribution in [-0.4, -0.2) is 25.7 Å². The van der Waals surface area contributed by atoms with E-state index in [1.807, 2.05) is 25.1 Å². The van der Waals surface area contributed by atoms with Gasteiger partial charge in [0.1, 0.15) is 11.5 Å². The number of rotatable bonds is 6. The molecule has 0 amide bonds. The molecule has 0 saturated carbocycles. The first-order valence-electron chi connectivity index (χ1n) is 8.03. The minimum absolute atomic E-state index is 0.193. The number of hydrogen-bond donors (Lipinski definition) is 0. The molecule has 0 radical (unpaired) electrons. The Morgan fingerprint density at radius 3 is 2.32 bits per heavy atom. The smallest absolute Gasteiger partial charge is 0.349 e. The first kappa shape index (κ1) is 18.5. The van der Waals surface area contributed by atoms with Gasteiger partial charge in [0.25, 0.3) is 0 Å². The fraction of sp³-hybridized carbons (Fsp3) is 0.300. The standard InChI is InChI=1S/C20H22O5/c1-13(2)17-10-5-14(3)11-18(17)24-12-19(21)25-16-8-6-15(7-9-16)20(22)23-4/h5-11,13H,12H2,1-4H3. The molecular formula is C20H22O5. The average molecular weight is 342 g/mol. The molecule has 25 heavy (non-hydrogen) atoms. The summed E-state index contributed by atoms with van der Waals surface area (Å²) in [6.07, 6.45) is 0. The Balaban J connectivity index is 1.97. The van der Waals surface area contributed by atoms with Crippen LogP contribution >= 0.6 is 0 Å². The number of ether oxygens (including phenoxy) is 3. The lowest BCUT2D eigenvalue weighted by atomic mass is 10.0. The first-order chi connectivity index (χ1) is 11.9. The number of aryl methyl sites for hydroxylation is 1. The predicted octanol–water partition coefficient (Wildman–Crippen LogP) is 3.89. The van der Waals surface area contributed by atoms with Gasteiger partial charge in [-0.15, -0.1) is 0 Å². The maximum Gasteiger partial charge on any atom is 0.349 e. The highest BCUT2D eigenvalue weighted by atomic mass is 16.6. The highest BCUT2D eigenvalue weighted by Gasteiger charge is 2.12. The normalized spacial score (nSPS) is 10.4. The molecule has 0 unspecified atom stereocenters. The summed E-state index contributed by atoms with van der Waals surface area (Å²) < 4.78 is 15.5. The second kappa shape index (κ2) is 8.33. The third-order valence-electron chi connectivity index (χ3n) is 3.64. The number of hydrogen-bond acceptors (Lipinski definition) is 5. The molecule has 0 bridgehead atoms. The minimum Gasteiger partial charge on any atom is -0.482 e. The Bertz CT molecular complexity index is 747. The molecule has 2 aromatic carbocycles. The van der Waals surface area contributed by atoms with E-state index in [4.69, 9.17) is 9.47 Å². The summed E-state index contributed by atoms with van der Waals surface area (Å²) in [7, 11) is 1.31. The lowest BCUT2D eigenvalue weighted by Gasteiger charge is -2.14. The molecule has 0 aromatic heterocycles. The van der Waals surface area contributed by atoms with Crippen molar-refractivity contribution in [2.24, 2.45) is 0 Å². The molecule has 0 fully saturated rings. The first-order valence-corrected chi connectivity index (χ1v) is 8.03. The van der Waals surface area contributed by atoms with Crippen LogP contribution < -0.4 is 9.47 Å². The van der Waals surface area contributed by atoms with E-state index in [1.54, 1.807) is 0 Å². The molecule has 0 saturated heterocycles. The van der Waals surface area contributed by atoms with E-state index >= 15 is 0 Å². The van der Waals surface area contributed by atoms with Gasteiger partial charge in [0.05, 0.1) is 12.7 Å². The molecule has 0 N–H and O–H groups in total. The molecule has 5 heteroatoms. The van der Waals surface area contributed by atoms with Crippen LogP contribution in [0.2, 0.25) is 0 Å². The fourth-order valence-corrected chi connectivity index (χ4v) is 2.32. The van der Waals surface area contributed by atoms with Crippen LogP contribution in [0, 0.1) is 6.92 Å². The fourth-order valence-electron chi connectivity index (χ4n) is 2.32. The van der Waals surface area contributed by atoms with Crippen molar-refractivity contribution in [1.82, 2.24) is 0 Å². The van der Waals surface area contributed by atoms with Crippen LogP contribution in [0.25, 0.3) is 0 Å². The number of methoxy groups -OCH3 is 1. The van der Waals surface area contributed by atoms with Gasteiger partial charge in [0.15, 0.2) is 6.61 Å². The van der Waals surface area contributed by atoms with Crippen LogP contribution in [-0.2, 0) is 9.53 Å². The number of esters is 2. The maximum absolute atomic E-state index is 12.0. The summed E-state index contributed by atoms with van der Waals surface area (Å²) in [5, 5.41) is 0. The quantitative estimate of drug-likeness (QED) is 0.589. The number of benzene rings is 2. The van der Waals surface area contributed by atoms with Crippen LogP contribution in [0.1, 0.15) is 41.3 Å². The summed E-state index contributed by atoms with van der Waals surface area (Å²) >= 11 is 0. The highest BCUT2D eigenvalue weighted by molar-refractivity contribution is 5.89. The van der Waals surface area contributed by atoms with Crippen LogP contribution in [0.4, 0.5) is 0 Å². The van der Waals surface area contributed by atoms with Gasteiger partial charge in [-0.05, 0) is 54.3 Å². The van der Waals surface area contributed by atoms with Crippen molar-refractivity contribution in [3.8, 4) is 11.5 Å². The summed E-state index contributed by atoms with van der Waals surface area (Å²) in [6.45, 7) is 5.91. The van der Waals surface area contributed by atoms with Crippen molar-refractivity contribution in [1.29, 1.82) is 0 Å². The molecular weight excluding hydrogens is 320 g/mol. The van der Waals surface area contributed by atoms with E-state index < -0.39 is 11.9 Å². The second-order valence-electron chi connectivity index (χ2n) is 5.97. The van der Waals surface area contributed by atoms with Gasteiger partial charge in [-0.2, -0.15) is 0 Å². The maximum atomic E-state index is 12.0. The van der Waals surface area contributed by atoms with Crippen molar-refractivity contribution in [3.63, 3.8) is 0 Å². The molecule has 2 aromatic rings. The van der Waals surface area contributed by atoms with Crippen molar-refractivity contribution < 1.29 is 23.8 Å². The Hall–Kier alpha value is -2.82. The van der Waals surface area contributed by atoms with Gasteiger partial charge < -0.3 is 14.2 Å². The Labute approximate surface area is 147 Å². The van der Waals surface area contributed by atoms with E-state index in [-0.39, 0.29) is 12.5 Å². The number of carbonyl (C=O) groups excluding carboxylic acids is 2. The summed E-state index contributed by atoms with van der Waals surface area (Å²) in [5.74, 6) is 0.365. The van der Waals surface area contributed by atoms with Gasteiger partial charge >= 0.3 is 11.9 Å². The van der Waals surface area contributed by atoms with E-state index in [2.05, 4.69) is 18.6 Å².